The first-order valence-corrected chi connectivity index (χ1v) is 7.99. The Morgan fingerprint density at radius 3 is 2.76 bits per heavy atom. The highest BCUT2D eigenvalue weighted by Crippen LogP contribution is 2.25. The average Bonchev–Trinajstić information content (AvgIpc) is 2.78. The van der Waals surface area contributed by atoms with Crippen molar-refractivity contribution in [3.8, 4) is 23.7 Å². The van der Waals surface area contributed by atoms with Gasteiger partial charge in [-0.3, -0.25) is 0 Å². The number of rotatable bonds is 2. The van der Waals surface area contributed by atoms with E-state index in [0.29, 0.717) is 11.3 Å². The minimum Gasteiger partial charge on any atom is -0.497 e. The van der Waals surface area contributed by atoms with Crippen molar-refractivity contribution in [3.05, 3.63) is 65.0 Å². The minimum absolute atomic E-state index is 0.569. The second kappa shape index (κ2) is 7.03. The van der Waals surface area contributed by atoms with Gasteiger partial charge < -0.3 is 14.6 Å². The normalized spacial score (nSPS) is 13.2. The van der Waals surface area contributed by atoms with E-state index in [1.165, 1.54) is 0 Å². The molecular weight excluding hydrogens is 310 g/mol. The number of benzene rings is 1. The van der Waals surface area contributed by atoms with Gasteiger partial charge >= 0.3 is 0 Å². The van der Waals surface area contributed by atoms with Gasteiger partial charge in [-0.05, 0) is 42.7 Å². The van der Waals surface area contributed by atoms with Crippen molar-refractivity contribution in [1.29, 1.82) is 5.26 Å². The van der Waals surface area contributed by atoms with Crippen LogP contribution in [0.5, 0.6) is 5.75 Å². The first-order chi connectivity index (χ1) is 12.1. The maximum absolute atomic E-state index is 9.50. The number of hydrogen-bond acceptors (Lipinski definition) is 3. The van der Waals surface area contributed by atoms with E-state index in [2.05, 4.69) is 46.0 Å². The summed E-state index contributed by atoms with van der Waals surface area (Å²) in [4.78, 5) is 5.28. The van der Waals surface area contributed by atoms with Crippen LogP contribution in [0.15, 0.2) is 53.8 Å². The Morgan fingerprint density at radius 2 is 2.04 bits per heavy atom. The van der Waals surface area contributed by atoms with Gasteiger partial charge in [0.05, 0.1) is 18.2 Å². The molecule has 1 aliphatic carbocycles. The van der Waals surface area contributed by atoms with Crippen molar-refractivity contribution in [1.82, 2.24) is 9.88 Å². The van der Waals surface area contributed by atoms with E-state index in [4.69, 9.17) is 4.74 Å². The molecule has 1 N–H and O–H groups in total. The van der Waals surface area contributed by atoms with E-state index < -0.39 is 0 Å². The molecule has 3 rings (SSSR count). The molecule has 0 unspecified atom stereocenters. The molecule has 2 aromatic rings. The Kier molecular flexibility index (Phi) is 4.64. The molecular formula is C21H19N3O. The number of nitriles is 1. The van der Waals surface area contributed by atoms with Crippen molar-refractivity contribution >= 4 is 10.9 Å². The van der Waals surface area contributed by atoms with Crippen LogP contribution in [0.3, 0.4) is 0 Å². The van der Waals surface area contributed by atoms with Crippen LogP contribution in [0.4, 0.5) is 0 Å². The Morgan fingerprint density at radius 1 is 1.20 bits per heavy atom. The molecule has 4 heteroatoms. The van der Waals surface area contributed by atoms with Gasteiger partial charge in [0.25, 0.3) is 0 Å². The van der Waals surface area contributed by atoms with Crippen LogP contribution in [-0.4, -0.2) is 31.1 Å². The second-order valence-corrected chi connectivity index (χ2v) is 5.93. The van der Waals surface area contributed by atoms with Gasteiger partial charge in [0.1, 0.15) is 17.5 Å². The summed E-state index contributed by atoms with van der Waals surface area (Å²) >= 11 is 0. The number of methoxy groups -OCH3 is 1. The molecule has 0 saturated carbocycles. The molecule has 0 spiro atoms. The van der Waals surface area contributed by atoms with Crippen LogP contribution in [0.2, 0.25) is 0 Å². The number of H-pyrrole nitrogens is 1. The smallest absolute Gasteiger partial charge is 0.120 e. The van der Waals surface area contributed by atoms with Gasteiger partial charge in [-0.25, -0.2) is 0 Å². The molecule has 0 amide bonds. The zero-order chi connectivity index (χ0) is 17.8. The highest BCUT2D eigenvalue weighted by Gasteiger charge is 2.10. The zero-order valence-electron chi connectivity index (χ0n) is 14.6. The molecule has 0 atom stereocenters. The molecule has 0 bridgehead atoms. The summed E-state index contributed by atoms with van der Waals surface area (Å²) < 4.78 is 5.24. The lowest BCUT2D eigenvalue weighted by molar-refractivity contribution is 0.415. The van der Waals surface area contributed by atoms with Crippen LogP contribution in [-0.2, 0) is 0 Å². The molecule has 124 valence electrons. The van der Waals surface area contributed by atoms with Gasteiger partial charge in [-0.15, -0.1) is 0 Å². The molecule has 4 nitrogen and oxygen atoms in total. The van der Waals surface area contributed by atoms with Crippen molar-refractivity contribution < 1.29 is 4.74 Å². The van der Waals surface area contributed by atoms with E-state index >= 15 is 0 Å². The summed E-state index contributed by atoms with van der Waals surface area (Å²) in [5, 5.41) is 10.4. The number of likely N-dealkylation sites (N-methyl/N-ethyl adjacent to an activating group) is 1. The average molecular weight is 329 g/mol. The molecule has 1 aliphatic rings. The number of nitrogens with one attached hydrogen (secondary N) is 1. The SMILES string of the molecule is COc1ccc2c(C#N)c(C#CC3=CC=C(N(C)C)C=CC3)[nH]c2c1. The lowest BCUT2D eigenvalue weighted by atomic mass is 10.1. The van der Waals surface area contributed by atoms with Crippen molar-refractivity contribution in [2.45, 2.75) is 6.42 Å². The van der Waals surface area contributed by atoms with Crippen LogP contribution in [0.25, 0.3) is 10.9 Å². The monoisotopic (exact) mass is 329 g/mol. The van der Waals surface area contributed by atoms with Crippen LogP contribution >= 0.6 is 0 Å². The summed E-state index contributed by atoms with van der Waals surface area (Å²) in [5.41, 5.74) is 4.20. The molecule has 1 heterocycles. The zero-order valence-corrected chi connectivity index (χ0v) is 14.6. The highest BCUT2D eigenvalue weighted by atomic mass is 16.5. The number of aromatic amines is 1. The van der Waals surface area contributed by atoms with Crippen LogP contribution in [0.1, 0.15) is 17.7 Å². The second-order valence-electron chi connectivity index (χ2n) is 5.93. The lowest BCUT2D eigenvalue weighted by Gasteiger charge is -2.11. The number of aromatic nitrogens is 1. The fourth-order valence-electron chi connectivity index (χ4n) is 2.66. The van der Waals surface area contributed by atoms with Crippen molar-refractivity contribution in [2.75, 3.05) is 21.2 Å². The summed E-state index contributed by atoms with van der Waals surface area (Å²) in [7, 11) is 5.65. The molecule has 0 radical (unpaired) electrons. The molecule has 0 fully saturated rings. The van der Waals surface area contributed by atoms with Gasteiger partial charge in [-0.2, -0.15) is 5.26 Å². The lowest BCUT2D eigenvalue weighted by Crippen LogP contribution is -2.08. The first kappa shape index (κ1) is 16.5. The van der Waals surface area contributed by atoms with Gasteiger partial charge in [0, 0.05) is 36.8 Å². The Bertz CT molecular complexity index is 1000. The Hall–Kier alpha value is -3.37. The van der Waals surface area contributed by atoms with Gasteiger partial charge in [-0.1, -0.05) is 12.0 Å². The quantitative estimate of drug-likeness (QED) is 0.854. The molecule has 25 heavy (non-hydrogen) atoms. The summed E-state index contributed by atoms with van der Waals surface area (Å²) in [5.74, 6) is 7.05. The van der Waals surface area contributed by atoms with E-state index in [1.54, 1.807) is 7.11 Å². The third-order valence-electron chi connectivity index (χ3n) is 4.06. The third kappa shape index (κ3) is 3.44. The first-order valence-electron chi connectivity index (χ1n) is 7.99. The van der Waals surface area contributed by atoms with E-state index in [9.17, 15) is 5.26 Å². The predicted molar refractivity (Wildman–Crippen MR) is 100 cm³/mol. The maximum atomic E-state index is 9.50. The Labute approximate surface area is 147 Å². The number of ether oxygens (including phenoxy) is 1. The molecule has 0 aliphatic heterocycles. The molecule has 0 saturated heterocycles. The van der Waals surface area contributed by atoms with E-state index in [1.807, 2.05) is 38.4 Å². The van der Waals surface area contributed by atoms with Crippen molar-refractivity contribution in [3.63, 3.8) is 0 Å². The van der Waals surface area contributed by atoms with Crippen LogP contribution < -0.4 is 4.74 Å². The predicted octanol–water partition coefficient (Wildman–Crippen LogP) is 3.73. The highest BCUT2D eigenvalue weighted by molar-refractivity contribution is 5.89. The summed E-state index contributed by atoms with van der Waals surface area (Å²) in [6.45, 7) is 0. The third-order valence-corrected chi connectivity index (χ3v) is 4.06. The fraction of sp³-hybridized carbons (Fsp3) is 0.190. The minimum atomic E-state index is 0.569. The Balaban J connectivity index is 1.98. The van der Waals surface area contributed by atoms with Crippen molar-refractivity contribution in [2.24, 2.45) is 0 Å². The largest absolute Gasteiger partial charge is 0.497 e. The van der Waals surface area contributed by atoms with Gasteiger partial charge in [0.2, 0.25) is 0 Å². The number of allylic oxidation sites excluding steroid dienone is 5. The van der Waals surface area contributed by atoms with Crippen LogP contribution in [0, 0.1) is 23.2 Å². The number of hydrogen-bond donors (Lipinski definition) is 1. The van der Waals surface area contributed by atoms with E-state index in [-0.39, 0.29) is 0 Å². The number of fused-ring (bicyclic) bond motifs is 1. The number of nitrogens with zero attached hydrogens (tertiary/aromatic N) is 2. The fourth-order valence-corrected chi connectivity index (χ4v) is 2.66. The summed E-state index contributed by atoms with van der Waals surface area (Å²) in [6.07, 6.45) is 9.04. The molecule has 1 aromatic carbocycles. The molecule has 1 aromatic heterocycles. The summed E-state index contributed by atoms with van der Waals surface area (Å²) in [6, 6.07) is 7.86. The topological polar surface area (TPSA) is 52.0 Å². The maximum Gasteiger partial charge on any atom is 0.120 e. The van der Waals surface area contributed by atoms with Gasteiger partial charge in [0.15, 0.2) is 0 Å². The standard InChI is InChI=1S/C21H19N3O/c1-24(2)16-6-4-5-15(7-9-16)8-12-20-19(14-22)18-11-10-17(25-3)13-21(18)23-20/h4,6-7,9-11,13,23H,5H2,1-3H3. The van der Waals surface area contributed by atoms with E-state index in [0.717, 1.165) is 34.3 Å².